The molecule has 4 nitrogen and oxygen atoms in total. The third-order valence-electron chi connectivity index (χ3n) is 4.42. The Hall–Kier alpha value is -3.23. The third-order valence-corrected chi connectivity index (χ3v) is 4.42. The van der Waals surface area contributed by atoms with Crippen LogP contribution < -0.4 is 10.9 Å². The van der Waals surface area contributed by atoms with E-state index in [2.05, 4.69) is 5.32 Å². The molecule has 9 heteroatoms. The van der Waals surface area contributed by atoms with Gasteiger partial charge in [-0.3, -0.25) is 14.2 Å². The van der Waals surface area contributed by atoms with Gasteiger partial charge in [-0.2, -0.15) is 13.2 Å². The van der Waals surface area contributed by atoms with Crippen LogP contribution in [0.2, 0.25) is 0 Å². The Kier molecular flexibility index (Phi) is 4.94. The summed E-state index contributed by atoms with van der Waals surface area (Å²) in [6, 6.07) is 8.71. The van der Waals surface area contributed by atoms with Crippen LogP contribution in [0.3, 0.4) is 0 Å². The average Bonchev–Trinajstić information content (AvgIpc) is 2.65. The van der Waals surface area contributed by atoms with E-state index in [0.29, 0.717) is 6.92 Å². The van der Waals surface area contributed by atoms with Crippen molar-refractivity contribution >= 4 is 16.8 Å². The molecule has 0 spiro atoms. The number of benzene rings is 2. The number of nitrogens with one attached hydrogen (secondary N) is 1. The number of halogens is 5. The molecule has 0 aliphatic rings. The van der Waals surface area contributed by atoms with Gasteiger partial charge in [0.1, 0.15) is 0 Å². The number of amides is 1. The lowest BCUT2D eigenvalue weighted by Gasteiger charge is -2.17. The number of carbonyl (C=O) groups is 1. The second kappa shape index (κ2) is 6.98. The predicted molar refractivity (Wildman–Crippen MR) is 97.5 cm³/mol. The van der Waals surface area contributed by atoms with Crippen molar-refractivity contribution in [3.8, 4) is 5.69 Å². The van der Waals surface area contributed by atoms with Gasteiger partial charge in [0.25, 0.3) is 17.4 Å². The Morgan fingerprint density at radius 2 is 1.59 bits per heavy atom. The molecular weight excluding hydrogens is 395 g/mol. The van der Waals surface area contributed by atoms with E-state index in [-0.39, 0.29) is 22.2 Å². The summed E-state index contributed by atoms with van der Waals surface area (Å²) in [5.41, 5.74) is -2.47. The second-order valence-electron chi connectivity index (χ2n) is 6.48. The molecule has 0 unspecified atom stereocenters. The topological polar surface area (TPSA) is 51.1 Å². The fourth-order valence-corrected chi connectivity index (χ4v) is 2.98. The maximum absolute atomic E-state index is 14.0. The smallest absolute Gasteiger partial charge is 0.355 e. The van der Waals surface area contributed by atoms with Crippen LogP contribution in [0.15, 0.2) is 53.3 Å². The van der Waals surface area contributed by atoms with E-state index in [1.54, 1.807) is 0 Å². The molecule has 0 atom stereocenters. The van der Waals surface area contributed by atoms with Gasteiger partial charge in [0.2, 0.25) is 0 Å². The minimum atomic E-state index is -4.58. The van der Waals surface area contributed by atoms with Crippen LogP contribution in [0.25, 0.3) is 16.6 Å². The van der Waals surface area contributed by atoms with Gasteiger partial charge in [0, 0.05) is 30.6 Å². The maximum atomic E-state index is 14.0. The highest BCUT2D eigenvalue weighted by molar-refractivity contribution is 5.98. The summed E-state index contributed by atoms with van der Waals surface area (Å²) in [7, 11) is 1.40. The second-order valence-corrected chi connectivity index (χ2v) is 6.48. The summed E-state index contributed by atoms with van der Waals surface area (Å²) in [6.45, 7) is 0.551. The summed E-state index contributed by atoms with van der Waals surface area (Å²) < 4.78 is 67.5. The van der Waals surface area contributed by atoms with Crippen molar-refractivity contribution in [2.45, 2.75) is 19.0 Å². The largest absolute Gasteiger partial charge is 0.416 e. The first-order chi connectivity index (χ1) is 13.4. The van der Waals surface area contributed by atoms with Gasteiger partial charge in [0.15, 0.2) is 0 Å². The van der Waals surface area contributed by atoms with Gasteiger partial charge in [0.05, 0.1) is 16.6 Å². The molecule has 0 bridgehead atoms. The number of hydrogen-bond donors (Lipinski definition) is 1. The number of aromatic nitrogens is 1. The lowest BCUT2D eigenvalue weighted by Crippen LogP contribution is -2.28. The molecule has 3 aromatic rings. The van der Waals surface area contributed by atoms with Crippen LogP contribution >= 0.6 is 0 Å². The fraction of sp³-hybridized carbons (Fsp3) is 0.200. The highest BCUT2D eigenvalue weighted by Gasteiger charge is 2.32. The summed E-state index contributed by atoms with van der Waals surface area (Å²) >= 11 is 0. The molecule has 3 rings (SSSR count). The lowest BCUT2D eigenvalue weighted by molar-refractivity contribution is -0.137. The van der Waals surface area contributed by atoms with Crippen LogP contribution in [-0.4, -0.2) is 17.5 Å². The first-order valence-corrected chi connectivity index (χ1v) is 8.41. The number of alkyl halides is 5. The monoisotopic (exact) mass is 410 g/mol. The summed E-state index contributed by atoms with van der Waals surface area (Å²) in [5.74, 6) is -3.95. The lowest BCUT2D eigenvalue weighted by atomic mass is 10.0. The Morgan fingerprint density at radius 3 is 2.10 bits per heavy atom. The number of fused-ring (bicyclic) bond motifs is 1. The minimum absolute atomic E-state index is 0.00760. The summed E-state index contributed by atoms with van der Waals surface area (Å²) in [5, 5.41) is 2.58. The highest BCUT2D eigenvalue weighted by atomic mass is 19.4. The van der Waals surface area contributed by atoms with Crippen molar-refractivity contribution in [3.05, 3.63) is 75.6 Å². The Balaban J connectivity index is 2.33. The number of rotatable bonds is 3. The molecule has 2 aromatic carbocycles. The molecular formula is C20H15F5N2O2. The van der Waals surface area contributed by atoms with E-state index in [0.717, 1.165) is 34.9 Å². The Morgan fingerprint density at radius 1 is 0.966 bits per heavy atom. The molecule has 0 aliphatic heterocycles. The molecule has 0 radical (unpaired) electrons. The van der Waals surface area contributed by atoms with Crippen molar-refractivity contribution in [1.29, 1.82) is 0 Å². The zero-order chi connectivity index (χ0) is 21.6. The molecule has 0 saturated carbocycles. The third kappa shape index (κ3) is 3.85. The van der Waals surface area contributed by atoms with E-state index in [1.165, 1.54) is 25.2 Å². The van der Waals surface area contributed by atoms with Crippen LogP contribution in [0.4, 0.5) is 22.0 Å². The molecule has 0 saturated heterocycles. The quantitative estimate of drug-likeness (QED) is 0.648. The number of pyridine rings is 1. The van der Waals surface area contributed by atoms with Gasteiger partial charge < -0.3 is 5.32 Å². The number of carbonyl (C=O) groups excluding carboxylic acids is 1. The SMILES string of the molecule is CNC(=O)c1ccc2c(c1)cc(C(C)(F)F)c(=O)n2-c1ccc(C(F)(F)F)cc1. The normalized spacial score (nSPS) is 12.2. The van der Waals surface area contributed by atoms with Gasteiger partial charge >= 0.3 is 6.18 Å². The van der Waals surface area contributed by atoms with E-state index in [4.69, 9.17) is 0 Å². The van der Waals surface area contributed by atoms with Crippen LogP contribution in [0.1, 0.15) is 28.4 Å². The maximum Gasteiger partial charge on any atom is 0.416 e. The standard InChI is InChI=1S/C20H15F5N2O2/c1-19(21,22)15-10-12-9-11(17(28)26-2)3-8-16(12)27(18(15)29)14-6-4-13(5-7-14)20(23,24)25/h3-10H,1-2H3,(H,26,28). The first kappa shape index (κ1) is 20.5. The molecule has 0 aliphatic carbocycles. The zero-order valence-corrected chi connectivity index (χ0v) is 15.3. The van der Waals surface area contributed by atoms with E-state index in [9.17, 15) is 31.5 Å². The summed E-state index contributed by atoms with van der Waals surface area (Å²) in [4.78, 5) is 24.6. The van der Waals surface area contributed by atoms with E-state index in [1.807, 2.05) is 0 Å². The highest BCUT2D eigenvalue weighted by Crippen LogP contribution is 2.31. The fourth-order valence-electron chi connectivity index (χ4n) is 2.98. The van der Waals surface area contributed by atoms with Gasteiger partial charge in [-0.1, -0.05) is 0 Å². The Labute approximate surface area is 161 Å². The predicted octanol–water partition coefficient (Wildman–Crippen LogP) is 4.48. The van der Waals surface area contributed by atoms with Crippen molar-refractivity contribution < 1.29 is 26.7 Å². The minimum Gasteiger partial charge on any atom is -0.355 e. The first-order valence-electron chi connectivity index (χ1n) is 8.41. The van der Waals surface area contributed by atoms with E-state index < -0.39 is 34.7 Å². The van der Waals surface area contributed by atoms with Crippen molar-refractivity contribution in [3.63, 3.8) is 0 Å². The molecule has 1 aromatic heterocycles. The summed E-state index contributed by atoms with van der Waals surface area (Å²) in [6.07, 6.45) is -4.58. The molecule has 152 valence electrons. The van der Waals surface area contributed by atoms with Crippen LogP contribution in [0.5, 0.6) is 0 Å². The molecule has 1 heterocycles. The zero-order valence-electron chi connectivity index (χ0n) is 15.3. The molecule has 1 amide bonds. The number of hydrogen-bond acceptors (Lipinski definition) is 2. The number of nitrogens with zero attached hydrogens (tertiary/aromatic N) is 1. The van der Waals surface area contributed by atoms with Crippen molar-refractivity contribution in [2.75, 3.05) is 7.05 Å². The van der Waals surface area contributed by atoms with Gasteiger partial charge in [-0.15, -0.1) is 0 Å². The molecule has 0 fully saturated rings. The van der Waals surface area contributed by atoms with Crippen LogP contribution in [-0.2, 0) is 12.1 Å². The average molecular weight is 410 g/mol. The van der Waals surface area contributed by atoms with Crippen molar-refractivity contribution in [1.82, 2.24) is 9.88 Å². The van der Waals surface area contributed by atoms with Gasteiger partial charge in [-0.05, 0) is 48.5 Å². The van der Waals surface area contributed by atoms with E-state index >= 15 is 0 Å². The van der Waals surface area contributed by atoms with Gasteiger partial charge in [-0.25, -0.2) is 8.78 Å². The van der Waals surface area contributed by atoms with Crippen molar-refractivity contribution in [2.24, 2.45) is 0 Å². The molecule has 1 N–H and O–H groups in total. The van der Waals surface area contributed by atoms with Crippen LogP contribution in [0, 0.1) is 0 Å². The molecule has 29 heavy (non-hydrogen) atoms. The Bertz CT molecular complexity index is 1140.